The molecule has 3 aliphatic heterocycles. The molecule has 1 saturated heterocycles. The second-order valence-electron chi connectivity index (χ2n) is 16.7. The third kappa shape index (κ3) is 6.79. The number of hydrogen-bond donors (Lipinski definition) is 7. The third-order valence-corrected chi connectivity index (χ3v) is 11.8. The van der Waals surface area contributed by atoms with Gasteiger partial charge in [-0.15, -0.1) is 5.10 Å². The normalized spacial score (nSPS) is 22.2. The summed E-state index contributed by atoms with van der Waals surface area (Å²) in [7, 11) is 0. The topological polar surface area (TPSA) is 197 Å². The van der Waals surface area contributed by atoms with Crippen LogP contribution in [0.25, 0.3) is 21.8 Å². The number of aromatic amines is 2. The number of amides is 3. The van der Waals surface area contributed by atoms with Crippen LogP contribution < -0.4 is 16.0 Å². The first-order valence-corrected chi connectivity index (χ1v) is 19.1. The molecule has 1 fully saturated rings. The number of para-hydroxylation sites is 2. The fourth-order valence-corrected chi connectivity index (χ4v) is 9.11. The van der Waals surface area contributed by atoms with Gasteiger partial charge in [-0.1, -0.05) is 41.6 Å². The number of hydroxylamine groups is 2. The molecule has 15 nitrogen and oxygen atoms in total. The summed E-state index contributed by atoms with van der Waals surface area (Å²) < 4.78 is 1.78. The van der Waals surface area contributed by atoms with Gasteiger partial charge in [0.1, 0.15) is 17.8 Å². The number of aromatic nitrogens is 5. The van der Waals surface area contributed by atoms with Crippen molar-refractivity contribution in [2.24, 2.45) is 0 Å². The average Bonchev–Trinajstić information content (AvgIpc) is 3.89. The number of nitrogens with one attached hydrogen (secondary N) is 5. The summed E-state index contributed by atoms with van der Waals surface area (Å²) in [5.41, 5.74) is 5.46. The van der Waals surface area contributed by atoms with Crippen LogP contribution in [0.1, 0.15) is 81.7 Å². The summed E-state index contributed by atoms with van der Waals surface area (Å²) in [6, 6.07) is 13.1. The Kier molecular flexibility index (Phi) is 9.31. The number of carbonyl (C=O) groups is 3. The van der Waals surface area contributed by atoms with E-state index in [2.05, 4.69) is 42.3 Å². The van der Waals surface area contributed by atoms with Gasteiger partial charge in [0.15, 0.2) is 0 Å². The van der Waals surface area contributed by atoms with Crippen molar-refractivity contribution in [1.29, 1.82) is 0 Å². The minimum Gasteiger partial charge on any atom is -0.391 e. The van der Waals surface area contributed by atoms with E-state index in [0.29, 0.717) is 31.5 Å². The molecule has 0 spiro atoms. The molecule has 0 unspecified atom stereocenters. The van der Waals surface area contributed by atoms with Gasteiger partial charge in [-0.2, -0.15) is 5.06 Å². The van der Waals surface area contributed by atoms with Crippen LogP contribution in [0.15, 0.2) is 54.7 Å². The van der Waals surface area contributed by atoms with E-state index in [9.17, 15) is 24.7 Å². The second kappa shape index (κ2) is 13.9. The molecule has 2 aromatic carbocycles. The minimum atomic E-state index is -1.29. The molecule has 0 radical (unpaired) electrons. The fraction of sp³-hybridized carbons (Fsp3) is 0.475. The van der Waals surface area contributed by atoms with E-state index in [0.717, 1.165) is 44.3 Å². The number of piperidine rings is 1. The molecule has 3 amide bonds. The van der Waals surface area contributed by atoms with Gasteiger partial charge in [-0.05, 0) is 77.1 Å². The van der Waals surface area contributed by atoms with E-state index >= 15 is 0 Å². The number of rotatable bonds is 8. The zero-order valence-electron chi connectivity index (χ0n) is 31.9. The van der Waals surface area contributed by atoms with E-state index in [4.69, 9.17) is 0 Å². The molecule has 4 atom stereocenters. The fourth-order valence-electron chi connectivity index (χ4n) is 9.11. The van der Waals surface area contributed by atoms with Crippen LogP contribution in [-0.4, -0.2) is 98.3 Å². The lowest BCUT2D eigenvalue weighted by atomic mass is 9.79. The van der Waals surface area contributed by atoms with Crippen LogP contribution in [0.3, 0.4) is 0 Å². The minimum absolute atomic E-state index is 0.0121. The highest BCUT2D eigenvalue weighted by molar-refractivity contribution is 5.96. The third-order valence-electron chi connectivity index (χ3n) is 11.8. The second-order valence-corrected chi connectivity index (χ2v) is 16.7. The first-order chi connectivity index (χ1) is 26.2. The zero-order valence-corrected chi connectivity index (χ0v) is 31.9. The number of carbonyl (C=O) groups excluding carboxylic acids is 3. The maximum Gasteiger partial charge on any atom is 0.245 e. The van der Waals surface area contributed by atoms with Crippen molar-refractivity contribution in [3.05, 3.63) is 82.9 Å². The van der Waals surface area contributed by atoms with Crippen molar-refractivity contribution in [3.8, 4) is 0 Å². The first kappa shape index (κ1) is 36.9. The molecule has 0 aliphatic carbocycles. The van der Waals surface area contributed by atoms with Crippen LogP contribution in [-0.2, 0) is 46.9 Å². The van der Waals surface area contributed by atoms with Gasteiger partial charge in [0.2, 0.25) is 17.7 Å². The lowest BCUT2D eigenvalue weighted by Gasteiger charge is -2.51. The molecule has 290 valence electrons. The molecule has 0 saturated carbocycles. The Balaban J connectivity index is 0.989. The Morgan fingerprint density at radius 2 is 1.55 bits per heavy atom. The van der Waals surface area contributed by atoms with Crippen molar-refractivity contribution in [1.82, 2.24) is 50.9 Å². The summed E-state index contributed by atoms with van der Waals surface area (Å²) >= 11 is 0. The van der Waals surface area contributed by atoms with Gasteiger partial charge in [0.05, 0.1) is 37.5 Å². The molecule has 0 bridgehead atoms. The molecule has 8 rings (SSSR count). The van der Waals surface area contributed by atoms with E-state index in [1.807, 2.05) is 70.2 Å². The number of hydrogen-bond acceptors (Lipinski definition) is 9. The SMILES string of the molecule is C[C@@H](O)[C@@H](NC(=O)[C@@H]1Cc2c([nH]c3ccccc23)CN1C(=O)[C@@H]1Cc2c([nH]c3ccccc23)CN1)C(=O)NCc1cn(C2CC(C)(C)N(O)C(C)(C)C2)nn1. The largest absolute Gasteiger partial charge is 0.391 e. The number of aliphatic hydroxyl groups excluding tert-OH is 1. The Labute approximate surface area is 318 Å². The Morgan fingerprint density at radius 3 is 2.20 bits per heavy atom. The predicted molar refractivity (Wildman–Crippen MR) is 205 cm³/mol. The van der Waals surface area contributed by atoms with Gasteiger partial charge in [-0.25, -0.2) is 4.68 Å². The lowest BCUT2D eigenvalue weighted by molar-refractivity contribution is -0.249. The van der Waals surface area contributed by atoms with E-state index in [1.54, 1.807) is 15.8 Å². The number of nitrogens with zero attached hydrogens (tertiary/aromatic N) is 5. The van der Waals surface area contributed by atoms with Crippen molar-refractivity contribution < 1.29 is 24.7 Å². The van der Waals surface area contributed by atoms with Crippen molar-refractivity contribution in [3.63, 3.8) is 0 Å². The van der Waals surface area contributed by atoms with E-state index < -0.39 is 47.1 Å². The van der Waals surface area contributed by atoms with Crippen molar-refractivity contribution in [2.75, 3.05) is 0 Å². The summed E-state index contributed by atoms with van der Waals surface area (Å²) in [6.45, 7) is 10.1. The summed E-state index contributed by atoms with van der Waals surface area (Å²) in [5, 5.41) is 42.6. The molecular formula is C40H50N10O5. The van der Waals surface area contributed by atoms with Gasteiger partial charge < -0.3 is 35.8 Å². The molecule has 6 heterocycles. The Morgan fingerprint density at radius 1 is 0.927 bits per heavy atom. The lowest BCUT2D eigenvalue weighted by Crippen LogP contribution is -2.61. The van der Waals surface area contributed by atoms with Gasteiger partial charge >= 0.3 is 0 Å². The molecule has 3 aliphatic rings. The highest BCUT2D eigenvalue weighted by Gasteiger charge is 2.46. The van der Waals surface area contributed by atoms with E-state index in [1.165, 1.54) is 12.0 Å². The first-order valence-electron chi connectivity index (χ1n) is 19.1. The predicted octanol–water partition coefficient (Wildman–Crippen LogP) is 2.97. The molecule has 15 heteroatoms. The summed E-state index contributed by atoms with van der Waals surface area (Å²) in [5.74, 6) is -1.32. The average molecular weight is 751 g/mol. The highest BCUT2D eigenvalue weighted by atomic mass is 16.5. The van der Waals surface area contributed by atoms with Crippen LogP contribution in [0.2, 0.25) is 0 Å². The number of fused-ring (bicyclic) bond motifs is 6. The van der Waals surface area contributed by atoms with Gasteiger partial charge in [0, 0.05) is 57.2 Å². The van der Waals surface area contributed by atoms with Gasteiger partial charge in [0.25, 0.3) is 0 Å². The van der Waals surface area contributed by atoms with E-state index in [-0.39, 0.29) is 31.5 Å². The number of aliphatic hydroxyl groups is 1. The Bertz CT molecular complexity index is 2250. The standard InChI is InChI=1S/C40H50N10O5/c1-22(51)35(37(53)42-18-23-20-49(47-46-23)24-16-39(2,3)50(55)40(4,5)17-24)45-36(52)34-15-28-26-11-7-9-13-30(26)44-33(28)21-48(34)38(54)31-14-27-25-10-6-8-12-29(25)43-32(27)19-41-31/h6-13,20,22,24,31,34-35,41,43-44,51,55H,14-19,21H2,1-5H3,(H,42,53)(H,45,52)/t22-,31+,34+,35-/m1/s1. The Hall–Kier alpha value is -5.09. The molecule has 5 aromatic rings. The summed E-state index contributed by atoms with van der Waals surface area (Å²) in [6.07, 6.45) is 2.55. The smallest absolute Gasteiger partial charge is 0.245 e. The number of H-pyrrole nitrogens is 2. The molecule has 3 aromatic heterocycles. The monoisotopic (exact) mass is 750 g/mol. The zero-order chi connectivity index (χ0) is 38.8. The van der Waals surface area contributed by atoms with Crippen LogP contribution in [0.5, 0.6) is 0 Å². The summed E-state index contributed by atoms with van der Waals surface area (Å²) in [4.78, 5) is 50.9. The molecule has 7 N–H and O–H groups in total. The number of benzene rings is 2. The molecular weight excluding hydrogens is 701 g/mol. The van der Waals surface area contributed by atoms with Gasteiger partial charge in [-0.3, -0.25) is 19.7 Å². The van der Waals surface area contributed by atoms with Crippen molar-refractivity contribution in [2.45, 2.75) is 121 Å². The van der Waals surface area contributed by atoms with Crippen LogP contribution >= 0.6 is 0 Å². The highest BCUT2D eigenvalue weighted by Crippen LogP contribution is 2.42. The van der Waals surface area contributed by atoms with Crippen molar-refractivity contribution >= 4 is 39.5 Å². The van der Waals surface area contributed by atoms with Crippen LogP contribution in [0, 0.1) is 0 Å². The maximum atomic E-state index is 14.5. The van der Waals surface area contributed by atoms with Crippen LogP contribution in [0.4, 0.5) is 0 Å². The maximum absolute atomic E-state index is 14.5. The molecule has 55 heavy (non-hydrogen) atoms. The quantitative estimate of drug-likeness (QED) is 0.125.